The molecule has 0 radical (unpaired) electrons. The molecular formula is C25H29N5O3. The Balaban J connectivity index is 1.31. The van der Waals surface area contributed by atoms with Crippen molar-refractivity contribution in [1.82, 2.24) is 20.1 Å². The molecule has 2 aromatic heterocycles. The average Bonchev–Trinajstić information content (AvgIpc) is 3.27. The molecule has 1 unspecified atom stereocenters. The maximum atomic E-state index is 13.0. The molecule has 33 heavy (non-hydrogen) atoms. The van der Waals surface area contributed by atoms with Gasteiger partial charge in [0, 0.05) is 31.5 Å². The summed E-state index contributed by atoms with van der Waals surface area (Å²) in [5.41, 5.74) is 3.84. The van der Waals surface area contributed by atoms with Crippen LogP contribution in [0.2, 0.25) is 0 Å². The first-order valence-electron chi connectivity index (χ1n) is 11.5. The van der Waals surface area contributed by atoms with Gasteiger partial charge in [0.05, 0.1) is 36.3 Å². The Kier molecular flexibility index (Phi) is 6.00. The highest BCUT2D eigenvalue weighted by atomic mass is 16.5. The standard InChI is InChI=1S/C25H29N5O3/c1-29-15-18(13-27-29)19-11-10-17(12-26-19)14-30-16-24(33-23-9-5-3-7-21(23)30)25(32)28-20-6-2-4-8-22(20)31/h3,5,7,9-13,15,20,22,24,31H,2,4,6,8,14,16H2,1H3,(H,28,32)/t20-,22-,24?/m0/s1. The minimum Gasteiger partial charge on any atom is -0.477 e. The molecule has 1 fully saturated rings. The summed E-state index contributed by atoms with van der Waals surface area (Å²) in [7, 11) is 1.88. The third-order valence-corrected chi connectivity index (χ3v) is 6.41. The zero-order chi connectivity index (χ0) is 22.8. The summed E-state index contributed by atoms with van der Waals surface area (Å²) in [6.45, 7) is 1.03. The third kappa shape index (κ3) is 4.71. The molecule has 5 rings (SSSR count). The number of hydrogen-bond donors (Lipinski definition) is 2. The Morgan fingerprint density at radius 3 is 2.79 bits per heavy atom. The van der Waals surface area contributed by atoms with Crippen molar-refractivity contribution in [2.24, 2.45) is 7.05 Å². The van der Waals surface area contributed by atoms with Crippen molar-refractivity contribution in [2.75, 3.05) is 11.4 Å². The molecule has 172 valence electrons. The zero-order valence-electron chi connectivity index (χ0n) is 18.7. The van der Waals surface area contributed by atoms with Crippen LogP contribution in [0.4, 0.5) is 5.69 Å². The van der Waals surface area contributed by atoms with Gasteiger partial charge in [0.25, 0.3) is 5.91 Å². The fraction of sp³-hybridized carbons (Fsp3) is 0.400. The average molecular weight is 448 g/mol. The summed E-state index contributed by atoms with van der Waals surface area (Å²) in [4.78, 5) is 19.8. The molecule has 0 bridgehead atoms. The van der Waals surface area contributed by atoms with Crippen LogP contribution < -0.4 is 15.0 Å². The predicted octanol–water partition coefficient (Wildman–Crippen LogP) is 2.67. The number of aliphatic hydroxyl groups excluding tert-OH is 1. The van der Waals surface area contributed by atoms with Crippen molar-refractivity contribution >= 4 is 11.6 Å². The molecule has 8 heteroatoms. The first kappa shape index (κ1) is 21.5. The van der Waals surface area contributed by atoms with E-state index < -0.39 is 12.2 Å². The number of benzene rings is 1. The lowest BCUT2D eigenvalue weighted by Gasteiger charge is -2.37. The van der Waals surface area contributed by atoms with E-state index in [9.17, 15) is 9.90 Å². The fourth-order valence-electron chi connectivity index (χ4n) is 4.61. The van der Waals surface area contributed by atoms with Crippen molar-refractivity contribution in [3.63, 3.8) is 0 Å². The van der Waals surface area contributed by atoms with Gasteiger partial charge in [-0.25, -0.2) is 0 Å². The molecule has 2 N–H and O–H groups in total. The van der Waals surface area contributed by atoms with Crippen molar-refractivity contribution in [3.05, 3.63) is 60.6 Å². The van der Waals surface area contributed by atoms with Gasteiger partial charge < -0.3 is 20.1 Å². The van der Waals surface area contributed by atoms with Gasteiger partial charge in [-0.15, -0.1) is 0 Å². The second-order valence-electron chi connectivity index (χ2n) is 8.88. The van der Waals surface area contributed by atoms with Crippen LogP contribution >= 0.6 is 0 Å². The molecule has 3 aromatic rings. The number of hydrogen-bond acceptors (Lipinski definition) is 6. The molecule has 3 heterocycles. The van der Waals surface area contributed by atoms with E-state index in [4.69, 9.17) is 4.74 Å². The van der Waals surface area contributed by atoms with E-state index in [0.29, 0.717) is 18.8 Å². The van der Waals surface area contributed by atoms with Crippen molar-refractivity contribution in [1.29, 1.82) is 0 Å². The number of nitrogens with one attached hydrogen (secondary N) is 1. The summed E-state index contributed by atoms with van der Waals surface area (Å²) >= 11 is 0. The number of para-hydroxylation sites is 2. The highest BCUT2D eigenvalue weighted by Gasteiger charge is 2.33. The Morgan fingerprint density at radius 2 is 2.03 bits per heavy atom. The topological polar surface area (TPSA) is 92.5 Å². The fourth-order valence-corrected chi connectivity index (χ4v) is 4.61. The molecule has 1 amide bonds. The lowest BCUT2D eigenvalue weighted by Crippen LogP contribution is -2.54. The largest absolute Gasteiger partial charge is 0.477 e. The SMILES string of the molecule is Cn1cc(-c2ccc(CN3CC(C(=O)N[C@H]4CCCC[C@@H]4O)Oc4ccccc43)cn2)cn1. The molecule has 8 nitrogen and oxygen atoms in total. The minimum absolute atomic E-state index is 0.175. The number of carbonyl (C=O) groups excluding carboxylic acids is 1. The van der Waals surface area contributed by atoms with E-state index in [-0.39, 0.29) is 11.9 Å². The smallest absolute Gasteiger partial charge is 0.263 e. The maximum absolute atomic E-state index is 13.0. The van der Waals surface area contributed by atoms with Gasteiger partial charge in [-0.2, -0.15) is 5.10 Å². The third-order valence-electron chi connectivity index (χ3n) is 6.41. The van der Waals surface area contributed by atoms with E-state index in [2.05, 4.69) is 26.4 Å². The molecular weight excluding hydrogens is 418 g/mol. The number of rotatable bonds is 5. The van der Waals surface area contributed by atoms with Crippen molar-refractivity contribution in [3.8, 4) is 17.0 Å². The van der Waals surface area contributed by atoms with Crippen molar-refractivity contribution in [2.45, 2.75) is 50.5 Å². The molecule has 0 saturated heterocycles. The number of fused-ring (bicyclic) bond motifs is 1. The summed E-state index contributed by atoms with van der Waals surface area (Å²) in [5.74, 6) is 0.513. The summed E-state index contributed by atoms with van der Waals surface area (Å²) < 4.78 is 7.81. The first-order valence-corrected chi connectivity index (χ1v) is 11.5. The van der Waals surface area contributed by atoms with E-state index in [0.717, 1.165) is 48.2 Å². The number of amides is 1. The van der Waals surface area contributed by atoms with Gasteiger partial charge in [0.1, 0.15) is 5.75 Å². The molecule has 1 aliphatic carbocycles. The van der Waals surface area contributed by atoms with Gasteiger partial charge >= 0.3 is 0 Å². The van der Waals surface area contributed by atoms with Crippen LogP contribution in [0.3, 0.4) is 0 Å². The second kappa shape index (κ2) is 9.23. The number of nitrogens with zero attached hydrogens (tertiary/aromatic N) is 4. The summed E-state index contributed by atoms with van der Waals surface area (Å²) in [6.07, 6.45) is 8.03. The van der Waals surface area contributed by atoms with Crippen LogP contribution in [0, 0.1) is 0 Å². The van der Waals surface area contributed by atoms with Crippen LogP contribution in [-0.2, 0) is 18.4 Å². The van der Waals surface area contributed by atoms with Gasteiger partial charge in [-0.3, -0.25) is 14.5 Å². The van der Waals surface area contributed by atoms with Gasteiger partial charge in [0.2, 0.25) is 0 Å². The van der Waals surface area contributed by atoms with Crippen LogP contribution in [0.15, 0.2) is 55.0 Å². The molecule has 1 saturated carbocycles. The Morgan fingerprint density at radius 1 is 1.18 bits per heavy atom. The van der Waals surface area contributed by atoms with Crippen LogP contribution in [0.1, 0.15) is 31.2 Å². The van der Waals surface area contributed by atoms with Gasteiger partial charge in [-0.05, 0) is 36.6 Å². The van der Waals surface area contributed by atoms with Gasteiger partial charge in [0.15, 0.2) is 6.10 Å². The van der Waals surface area contributed by atoms with E-state index in [1.165, 1.54) is 0 Å². The lowest BCUT2D eigenvalue weighted by atomic mass is 9.92. The zero-order valence-corrected chi connectivity index (χ0v) is 18.7. The van der Waals surface area contributed by atoms with Crippen LogP contribution in [0.5, 0.6) is 5.75 Å². The molecule has 3 atom stereocenters. The highest BCUT2D eigenvalue weighted by molar-refractivity contribution is 5.83. The minimum atomic E-state index is -0.642. The van der Waals surface area contributed by atoms with Crippen LogP contribution in [-0.4, -0.2) is 50.6 Å². The predicted molar refractivity (Wildman–Crippen MR) is 125 cm³/mol. The quantitative estimate of drug-likeness (QED) is 0.625. The molecule has 0 spiro atoms. The Hall–Kier alpha value is -3.39. The molecule has 1 aliphatic heterocycles. The summed E-state index contributed by atoms with van der Waals surface area (Å²) in [6, 6.07) is 11.6. The molecule has 2 aliphatic rings. The number of carbonyl (C=O) groups is 1. The molecule has 1 aromatic carbocycles. The van der Waals surface area contributed by atoms with E-state index in [1.807, 2.05) is 49.8 Å². The van der Waals surface area contributed by atoms with Crippen LogP contribution in [0.25, 0.3) is 11.3 Å². The van der Waals surface area contributed by atoms with E-state index in [1.54, 1.807) is 10.9 Å². The monoisotopic (exact) mass is 447 g/mol. The number of anilines is 1. The number of pyridine rings is 1. The number of aromatic nitrogens is 3. The second-order valence-corrected chi connectivity index (χ2v) is 8.88. The lowest BCUT2D eigenvalue weighted by molar-refractivity contribution is -0.129. The summed E-state index contributed by atoms with van der Waals surface area (Å²) in [5, 5.41) is 17.5. The van der Waals surface area contributed by atoms with E-state index >= 15 is 0 Å². The number of aliphatic hydroxyl groups is 1. The number of ether oxygens (including phenoxy) is 1. The normalized spacial score (nSPS) is 22.4. The number of aryl methyl sites for hydroxylation is 1. The maximum Gasteiger partial charge on any atom is 0.263 e. The Bertz CT molecular complexity index is 1110. The Labute approximate surface area is 193 Å². The first-order chi connectivity index (χ1) is 16.1. The van der Waals surface area contributed by atoms with Crippen molar-refractivity contribution < 1.29 is 14.6 Å². The highest BCUT2D eigenvalue weighted by Crippen LogP contribution is 2.34. The van der Waals surface area contributed by atoms with Gasteiger partial charge in [-0.1, -0.05) is 31.0 Å².